The molecule has 0 spiro atoms. The second-order valence-corrected chi connectivity index (χ2v) is 7.55. The quantitative estimate of drug-likeness (QED) is 0.832. The van der Waals surface area contributed by atoms with Crippen molar-refractivity contribution in [3.8, 4) is 0 Å². The lowest BCUT2D eigenvalue weighted by atomic mass is 10.4. The maximum Gasteiger partial charge on any atom is 0.192 e. The molecule has 0 saturated carbocycles. The van der Waals surface area contributed by atoms with Gasteiger partial charge in [-0.2, -0.15) is 0 Å². The van der Waals surface area contributed by atoms with Gasteiger partial charge in [0.25, 0.3) is 0 Å². The number of thioether (sulfide) groups is 1. The molecule has 1 unspecified atom stereocenters. The molecule has 0 aromatic heterocycles. The molecule has 3 nitrogen and oxygen atoms in total. The highest BCUT2D eigenvalue weighted by Crippen LogP contribution is 2.28. The second-order valence-electron chi connectivity index (χ2n) is 3.38. The van der Waals surface area contributed by atoms with E-state index in [0.29, 0.717) is 17.4 Å². The maximum absolute atomic E-state index is 12.2. The Balaban J connectivity index is 2.30. The van der Waals surface area contributed by atoms with Gasteiger partial charge in [-0.3, -0.25) is 0 Å². The predicted molar refractivity (Wildman–Crippen MR) is 65.7 cm³/mol. The zero-order valence-electron chi connectivity index (χ0n) is 8.43. The van der Waals surface area contributed by atoms with Gasteiger partial charge in [-0.05, 0) is 18.2 Å². The lowest BCUT2D eigenvalue weighted by Gasteiger charge is -2.21. The minimum absolute atomic E-state index is 0.250. The van der Waals surface area contributed by atoms with Gasteiger partial charge in [-0.15, -0.1) is 11.8 Å². The number of halogens is 1. The highest BCUT2D eigenvalue weighted by atomic mass is 35.5. The molecule has 0 amide bonds. The van der Waals surface area contributed by atoms with Gasteiger partial charge in [-0.25, -0.2) is 8.42 Å². The van der Waals surface area contributed by atoms with Crippen molar-refractivity contribution in [3.63, 3.8) is 0 Å². The third kappa shape index (κ3) is 2.53. The molecule has 0 radical (unpaired) electrons. The maximum atomic E-state index is 12.2. The number of ether oxygens (including phenoxy) is 1. The molecule has 0 N–H and O–H groups in total. The molecule has 0 aliphatic carbocycles. The van der Waals surface area contributed by atoms with Crippen molar-refractivity contribution in [2.24, 2.45) is 0 Å². The minimum Gasteiger partial charge on any atom is -0.378 e. The summed E-state index contributed by atoms with van der Waals surface area (Å²) in [6.45, 7) is 0.867. The van der Waals surface area contributed by atoms with Crippen LogP contribution >= 0.6 is 23.4 Å². The Morgan fingerprint density at radius 1 is 1.44 bits per heavy atom. The predicted octanol–water partition coefficient (Wildman–Crippen LogP) is 2.20. The lowest BCUT2D eigenvalue weighted by Crippen LogP contribution is -2.28. The normalized spacial score (nSPS) is 21.9. The fraction of sp³-hybridized carbons (Fsp3) is 0.400. The molecule has 1 aromatic carbocycles. The van der Waals surface area contributed by atoms with Crippen LogP contribution in [0.1, 0.15) is 0 Å². The summed E-state index contributed by atoms with van der Waals surface area (Å²) in [6, 6.07) is 6.34. The molecule has 2 rings (SSSR count). The van der Waals surface area contributed by atoms with E-state index in [0.717, 1.165) is 0 Å². The van der Waals surface area contributed by atoms with Gasteiger partial charge in [0.15, 0.2) is 9.84 Å². The van der Waals surface area contributed by atoms with E-state index < -0.39 is 14.4 Å². The fourth-order valence-electron chi connectivity index (χ4n) is 1.44. The second kappa shape index (κ2) is 4.96. The third-order valence-corrected chi connectivity index (χ3v) is 6.31. The first kappa shape index (κ1) is 12.2. The van der Waals surface area contributed by atoms with Crippen LogP contribution in [0.3, 0.4) is 0 Å². The molecule has 0 bridgehead atoms. The van der Waals surface area contributed by atoms with Crippen LogP contribution in [0.15, 0.2) is 29.2 Å². The van der Waals surface area contributed by atoms with Gasteiger partial charge >= 0.3 is 0 Å². The van der Waals surface area contributed by atoms with Gasteiger partial charge in [0.2, 0.25) is 0 Å². The average molecular weight is 279 g/mol. The van der Waals surface area contributed by atoms with E-state index in [1.165, 1.54) is 17.8 Å². The van der Waals surface area contributed by atoms with Gasteiger partial charge in [0.1, 0.15) is 4.58 Å². The molecule has 1 aromatic rings. The molecule has 1 aliphatic rings. The summed E-state index contributed by atoms with van der Waals surface area (Å²) in [4.78, 5) is 0.267. The smallest absolute Gasteiger partial charge is 0.192 e. The van der Waals surface area contributed by atoms with Crippen LogP contribution < -0.4 is 0 Å². The number of hydrogen-bond acceptors (Lipinski definition) is 4. The Kier molecular flexibility index (Phi) is 3.79. The zero-order chi connectivity index (χ0) is 11.6. The molecule has 88 valence electrons. The van der Waals surface area contributed by atoms with Crippen molar-refractivity contribution >= 4 is 33.2 Å². The molecule has 1 saturated heterocycles. The summed E-state index contributed by atoms with van der Waals surface area (Å²) in [7, 11) is -3.33. The minimum atomic E-state index is -3.33. The van der Waals surface area contributed by atoms with Crippen LogP contribution in [-0.2, 0) is 14.6 Å². The first-order chi connectivity index (χ1) is 7.60. The Hall–Kier alpha value is -0.230. The summed E-state index contributed by atoms with van der Waals surface area (Å²) < 4.78 is 29.0. The average Bonchev–Trinajstić information content (AvgIpc) is 2.30. The van der Waals surface area contributed by atoms with Crippen LogP contribution in [-0.4, -0.2) is 32.0 Å². The highest BCUT2D eigenvalue weighted by Gasteiger charge is 2.30. The zero-order valence-corrected chi connectivity index (χ0v) is 10.8. The van der Waals surface area contributed by atoms with Crippen molar-refractivity contribution in [2.45, 2.75) is 9.48 Å². The fourth-order valence-corrected chi connectivity index (χ4v) is 4.84. The van der Waals surface area contributed by atoms with E-state index in [2.05, 4.69) is 0 Å². The number of sulfone groups is 1. The Morgan fingerprint density at radius 3 is 2.88 bits per heavy atom. The van der Waals surface area contributed by atoms with Crippen LogP contribution in [0.4, 0.5) is 0 Å². The van der Waals surface area contributed by atoms with E-state index in [1.54, 1.807) is 18.2 Å². The molecular formula is C10H11ClO3S2. The van der Waals surface area contributed by atoms with Gasteiger partial charge in [0, 0.05) is 10.8 Å². The number of rotatable bonds is 2. The van der Waals surface area contributed by atoms with Gasteiger partial charge < -0.3 is 4.74 Å². The summed E-state index contributed by atoms with van der Waals surface area (Å²) in [6.07, 6.45) is 0. The monoisotopic (exact) mass is 278 g/mol. The van der Waals surface area contributed by atoms with E-state index in [9.17, 15) is 8.42 Å². The third-order valence-electron chi connectivity index (χ3n) is 2.26. The summed E-state index contributed by atoms with van der Waals surface area (Å²) in [5.74, 6) is 0.713. The Bertz CT molecular complexity index is 467. The van der Waals surface area contributed by atoms with Crippen LogP contribution in [0.5, 0.6) is 0 Å². The van der Waals surface area contributed by atoms with E-state index >= 15 is 0 Å². The molecule has 1 atom stereocenters. The van der Waals surface area contributed by atoms with Crippen LogP contribution in [0, 0.1) is 0 Å². The number of benzene rings is 1. The molecule has 1 aliphatic heterocycles. The standard InChI is InChI=1S/C10H11ClO3S2/c11-8-2-1-3-9(6-8)16(12,13)10-7-14-4-5-15-10/h1-3,6,10H,4-5,7H2. The summed E-state index contributed by atoms with van der Waals surface area (Å²) in [5, 5.41) is 0.433. The van der Waals surface area contributed by atoms with E-state index in [4.69, 9.17) is 16.3 Å². The Labute approximate surface area is 104 Å². The summed E-state index contributed by atoms with van der Waals surface area (Å²) in [5.41, 5.74) is 0. The van der Waals surface area contributed by atoms with E-state index in [-0.39, 0.29) is 11.5 Å². The first-order valence-corrected chi connectivity index (χ1v) is 7.77. The Morgan fingerprint density at radius 2 is 2.25 bits per heavy atom. The van der Waals surface area contributed by atoms with Crippen molar-refractivity contribution in [2.75, 3.05) is 19.0 Å². The molecule has 16 heavy (non-hydrogen) atoms. The van der Waals surface area contributed by atoms with Crippen LogP contribution in [0.2, 0.25) is 5.02 Å². The highest BCUT2D eigenvalue weighted by molar-refractivity contribution is 8.13. The van der Waals surface area contributed by atoms with Crippen molar-refractivity contribution in [1.82, 2.24) is 0 Å². The number of hydrogen-bond donors (Lipinski definition) is 0. The molecule has 1 heterocycles. The van der Waals surface area contributed by atoms with Gasteiger partial charge in [-0.1, -0.05) is 17.7 Å². The van der Waals surface area contributed by atoms with Crippen molar-refractivity contribution in [1.29, 1.82) is 0 Å². The first-order valence-electron chi connectivity index (χ1n) is 4.79. The van der Waals surface area contributed by atoms with Gasteiger partial charge in [0.05, 0.1) is 18.1 Å². The van der Waals surface area contributed by atoms with Crippen molar-refractivity contribution < 1.29 is 13.2 Å². The summed E-state index contributed by atoms with van der Waals surface area (Å²) >= 11 is 7.20. The lowest BCUT2D eigenvalue weighted by molar-refractivity contribution is 0.155. The van der Waals surface area contributed by atoms with Crippen LogP contribution in [0.25, 0.3) is 0 Å². The van der Waals surface area contributed by atoms with E-state index in [1.807, 2.05) is 0 Å². The largest absolute Gasteiger partial charge is 0.378 e. The molecule has 6 heteroatoms. The SMILES string of the molecule is O=S(=O)(c1cccc(Cl)c1)C1COCCS1. The molecule has 1 fully saturated rings. The topological polar surface area (TPSA) is 43.4 Å². The van der Waals surface area contributed by atoms with Crippen molar-refractivity contribution in [3.05, 3.63) is 29.3 Å². The molecular weight excluding hydrogens is 268 g/mol.